The van der Waals surface area contributed by atoms with Gasteiger partial charge in [-0.25, -0.2) is 0 Å². The van der Waals surface area contributed by atoms with Crippen molar-refractivity contribution in [3.63, 3.8) is 0 Å². The van der Waals surface area contributed by atoms with E-state index in [-0.39, 0.29) is 5.56 Å². The summed E-state index contributed by atoms with van der Waals surface area (Å²) in [6.07, 6.45) is 1.74. The predicted octanol–water partition coefficient (Wildman–Crippen LogP) is 0.815. The van der Waals surface area contributed by atoms with Gasteiger partial charge in [0.05, 0.1) is 0 Å². The quantitative estimate of drug-likeness (QED) is 0.596. The van der Waals surface area contributed by atoms with Gasteiger partial charge in [-0.05, 0) is 11.6 Å². The lowest BCUT2D eigenvalue weighted by Gasteiger charge is -1.96. The highest BCUT2D eigenvalue weighted by molar-refractivity contribution is 7.79. The van der Waals surface area contributed by atoms with Crippen molar-refractivity contribution < 1.29 is 0 Å². The molecule has 10 heavy (non-hydrogen) atoms. The van der Waals surface area contributed by atoms with Crippen LogP contribution in [0.5, 0.6) is 0 Å². The molecule has 0 aliphatic heterocycles. The van der Waals surface area contributed by atoms with Crippen LogP contribution in [0.15, 0.2) is 23.1 Å². The van der Waals surface area contributed by atoms with Crippen molar-refractivity contribution in [1.29, 1.82) is 0 Å². The minimum Gasteiger partial charge on any atom is -0.319 e. The zero-order chi connectivity index (χ0) is 7.56. The SMILES string of the molecule is Cn1ccc(CS)cc1=O. The second kappa shape index (κ2) is 2.92. The lowest BCUT2D eigenvalue weighted by atomic mass is 10.3. The zero-order valence-electron chi connectivity index (χ0n) is 5.74. The fraction of sp³-hybridized carbons (Fsp3) is 0.286. The molecule has 0 aliphatic carbocycles. The van der Waals surface area contributed by atoms with Crippen molar-refractivity contribution >= 4 is 12.6 Å². The molecule has 0 aliphatic rings. The fourth-order valence-corrected chi connectivity index (χ4v) is 0.885. The first-order valence-corrected chi connectivity index (χ1v) is 3.63. The highest BCUT2D eigenvalue weighted by atomic mass is 32.1. The zero-order valence-corrected chi connectivity index (χ0v) is 6.64. The molecular formula is C7H9NOS. The van der Waals surface area contributed by atoms with E-state index in [4.69, 9.17) is 0 Å². The van der Waals surface area contributed by atoms with Crippen molar-refractivity contribution in [2.45, 2.75) is 5.75 Å². The van der Waals surface area contributed by atoms with Crippen LogP contribution in [0.25, 0.3) is 0 Å². The lowest BCUT2D eigenvalue weighted by molar-refractivity contribution is 0.855. The molecule has 0 saturated carbocycles. The second-order valence-electron chi connectivity index (χ2n) is 2.14. The van der Waals surface area contributed by atoms with Gasteiger partial charge in [0, 0.05) is 25.1 Å². The highest BCUT2D eigenvalue weighted by Crippen LogP contribution is 1.96. The van der Waals surface area contributed by atoms with Crippen LogP contribution in [-0.4, -0.2) is 4.57 Å². The monoisotopic (exact) mass is 155 g/mol. The molecule has 0 saturated heterocycles. The Bertz CT molecular complexity index is 279. The summed E-state index contributed by atoms with van der Waals surface area (Å²) in [5.41, 5.74) is 0.984. The van der Waals surface area contributed by atoms with E-state index < -0.39 is 0 Å². The van der Waals surface area contributed by atoms with Crippen molar-refractivity contribution in [2.24, 2.45) is 7.05 Å². The average Bonchev–Trinajstić information content (AvgIpc) is 1.95. The third kappa shape index (κ3) is 1.42. The Kier molecular flexibility index (Phi) is 2.17. The molecule has 0 spiro atoms. The van der Waals surface area contributed by atoms with Crippen LogP contribution in [0.1, 0.15) is 5.56 Å². The molecule has 0 amide bonds. The molecule has 0 atom stereocenters. The summed E-state index contributed by atoms with van der Waals surface area (Å²) in [4.78, 5) is 10.9. The molecular weight excluding hydrogens is 146 g/mol. The van der Waals surface area contributed by atoms with Crippen LogP contribution in [0.2, 0.25) is 0 Å². The van der Waals surface area contributed by atoms with Gasteiger partial charge < -0.3 is 4.57 Å². The van der Waals surface area contributed by atoms with Crippen molar-refractivity contribution in [3.8, 4) is 0 Å². The van der Waals surface area contributed by atoms with Gasteiger partial charge in [-0.2, -0.15) is 12.6 Å². The summed E-state index contributed by atoms with van der Waals surface area (Å²) in [6.45, 7) is 0. The summed E-state index contributed by atoms with van der Waals surface area (Å²) in [6, 6.07) is 3.47. The van der Waals surface area contributed by atoms with Crippen LogP contribution >= 0.6 is 12.6 Å². The van der Waals surface area contributed by atoms with Crippen molar-refractivity contribution in [1.82, 2.24) is 4.57 Å². The minimum absolute atomic E-state index is 0.0200. The summed E-state index contributed by atoms with van der Waals surface area (Å²) >= 11 is 4.04. The number of nitrogens with zero attached hydrogens (tertiary/aromatic N) is 1. The van der Waals surface area contributed by atoms with Crippen LogP contribution in [0.4, 0.5) is 0 Å². The summed E-state index contributed by atoms with van der Waals surface area (Å²) in [5.74, 6) is 0.621. The molecule has 0 radical (unpaired) electrons. The largest absolute Gasteiger partial charge is 0.319 e. The molecule has 1 aromatic rings. The van der Waals surface area contributed by atoms with Gasteiger partial charge in [-0.3, -0.25) is 4.79 Å². The number of thiol groups is 1. The Balaban J connectivity index is 3.17. The maximum absolute atomic E-state index is 10.9. The number of hydrogen-bond donors (Lipinski definition) is 1. The van der Waals surface area contributed by atoms with Crippen molar-refractivity contribution in [2.75, 3.05) is 0 Å². The van der Waals surface area contributed by atoms with Crippen LogP contribution < -0.4 is 5.56 Å². The van der Waals surface area contributed by atoms with Gasteiger partial charge in [0.15, 0.2) is 0 Å². The number of aryl methyl sites for hydroxylation is 1. The number of pyridine rings is 1. The van der Waals surface area contributed by atoms with E-state index in [9.17, 15) is 4.79 Å². The Morgan fingerprint density at radius 1 is 1.70 bits per heavy atom. The van der Waals surface area contributed by atoms with Crippen LogP contribution in [0, 0.1) is 0 Å². The van der Waals surface area contributed by atoms with Gasteiger partial charge in [-0.15, -0.1) is 0 Å². The average molecular weight is 155 g/mol. The molecule has 0 fully saturated rings. The van der Waals surface area contributed by atoms with Crippen LogP contribution in [-0.2, 0) is 12.8 Å². The molecule has 1 aromatic heterocycles. The Labute approximate surface area is 64.9 Å². The fourth-order valence-electron chi connectivity index (χ4n) is 0.688. The number of hydrogen-bond acceptors (Lipinski definition) is 2. The smallest absolute Gasteiger partial charge is 0.250 e. The predicted molar refractivity (Wildman–Crippen MR) is 44.4 cm³/mol. The lowest BCUT2D eigenvalue weighted by Crippen LogP contribution is -2.14. The molecule has 1 heterocycles. The summed E-state index contributed by atoms with van der Waals surface area (Å²) in [5, 5.41) is 0. The maximum atomic E-state index is 10.9. The van der Waals surface area contributed by atoms with Gasteiger partial charge in [0.25, 0.3) is 5.56 Å². The van der Waals surface area contributed by atoms with E-state index >= 15 is 0 Å². The minimum atomic E-state index is 0.0200. The first kappa shape index (κ1) is 7.41. The first-order chi connectivity index (χ1) is 4.74. The maximum Gasteiger partial charge on any atom is 0.250 e. The molecule has 54 valence electrons. The molecule has 0 bridgehead atoms. The topological polar surface area (TPSA) is 22.0 Å². The molecule has 0 N–H and O–H groups in total. The molecule has 0 aromatic carbocycles. The van der Waals surface area contributed by atoms with E-state index in [1.165, 1.54) is 4.57 Å². The van der Waals surface area contributed by atoms with Crippen molar-refractivity contribution in [3.05, 3.63) is 34.2 Å². The third-order valence-electron chi connectivity index (χ3n) is 1.35. The van der Waals surface area contributed by atoms with E-state index in [0.717, 1.165) is 5.56 Å². The van der Waals surface area contributed by atoms with E-state index in [2.05, 4.69) is 12.6 Å². The second-order valence-corrected chi connectivity index (χ2v) is 2.46. The van der Waals surface area contributed by atoms with E-state index in [0.29, 0.717) is 5.75 Å². The standard InChI is InChI=1S/C7H9NOS/c1-8-3-2-6(5-10)4-7(8)9/h2-4,10H,5H2,1H3. The first-order valence-electron chi connectivity index (χ1n) is 3.00. The normalized spacial score (nSPS) is 9.80. The van der Waals surface area contributed by atoms with Gasteiger partial charge >= 0.3 is 0 Å². The molecule has 1 rings (SSSR count). The van der Waals surface area contributed by atoms with E-state index in [1.807, 2.05) is 6.07 Å². The summed E-state index contributed by atoms with van der Waals surface area (Å²) in [7, 11) is 1.73. The Morgan fingerprint density at radius 2 is 2.40 bits per heavy atom. The summed E-state index contributed by atoms with van der Waals surface area (Å²) < 4.78 is 1.53. The molecule has 3 heteroatoms. The number of aromatic nitrogens is 1. The van der Waals surface area contributed by atoms with Gasteiger partial charge in [0.2, 0.25) is 0 Å². The molecule has 0 unspecified atom stereocenters. The number of rotatable bonds is 1. The van der Waals surface area contributed by atoms with Gasteiger partial charge in [0.1, 0.15) is 0 Å². The Morgan fingerprint density at radius 3 is 2.90 bits per heavy atom. The third-order valence-corrected chi connectivity index (χ3v) is 1.72. The molecule has 2 nitrogen and oxygen atoms in total. The van der Waals surface area contributed by atoms with Gasteiger partial charge in [-0.1, -0.05) is 0 Å². The van der Waals surface area contributed by atoms with Crippen LogP contribution in [0.3, 0.4) is 0 Å². The Hall–Kier alpha value is -0.700. The van der Waals surface area contributed by atoms with E-state index in [1.54, 1.807) is 19.3 Å². The highest BCUT2D eigenvalue weighted by Gasteiger charge is 1.90.